The summed E-state index contributed by atoms with van der Waals surface area (Å²) in [6.07, 6.45) is -1.18. The van der Waals surface area contributed by atoms with Crippen LogP contribution in [0.5, 0.6) is 0 Å². The molecule has 13 heteroatoms. The maximum atomic E-state index is 13.9. The fraction of sp³-hybridized carbons (Fsp3) is 0.296. The van der Waals surface area contributed by atoms with Gasteiger partial charge in [-0.1, -0.05) is 25.2 Å². The molecule has 0 spiro atoms. The van der Waals surface area contributed by atoms with Crippen molar-refractivity contribution in [2.45, 2.75) is 50.5 Å². The zero-order chi connectivity index (χ0) is 29.4. The number of nitrogens with zero attached hydrogens (tertiary/aromatic N) is 4. The lowest BCUT2D eigenvalue weighted by molar-refractivity contribution is -0.146. The van der Waals surface area contributed by atoms with Gasteiger partial charge in [0.15, 0.2) is 0 Å². The molecule has 0 amide bonds. The van der Waals surface area contributed by atoms with Crippen LogP contribution >= 0.6 is 0 Å². The Labute approximate surface area is 228 Å². The maximum Gasteiger partial charge on any atom is 0.416 e. The Hall–Kier alpha value is -3.76. The first-order chi connectivity index (χ1) is 18.8. The number of hydrogen-bond donors (Lipinski definition) is 1. The van der Waals surface area contributed by atoms with E-state index < -0.39 is 40.9 Å². The van der Waals surface area contributed by atoms with Crippen molar-refractivity contribution in [3.05, 3.63) is 71.6 Å². The van der Waals surface area contributed by atoms with Gasteiger partial charge in [-0.3, -0.25) is 9.97 Å². The molecule has 3 aromatic rings. The molecular weight excluding hydrogens is 556 g/mol. The van der Waals surface area contributed by atoms with Crippen LogP contribution in [0.4, 0.5) is 26.3 Å². The van der Waals surface area contributed by atoms with Gasteiger partial charge in [0.1, 0.15) is 34.2 Å². The molecule has 0 saturated heterocycles. The number of fused-ring (bicyclic) bond motifs is 1. The lowest BCUT2D eigenvalue weighted by Crippen LogP contribution is -2.40. The summed E-state index contributed by atoms with van der Waals surface area (Å²) in [6, 6.07) is 4.39. The van der Waals surface area contributed by atoms with Crippen LogP contribution in [0.3, 0.4) is 0 Å². The van der Waals surface area contributed by atoms with Crippen molar-refractivity contribution in [3.8, 4) is 17.5 Å². The molecule has 1 N–H and O–H groups in total. The predicted octanol–water partition coefficient (Wildman–Crippen LogP) is 6.77. The minimum Gasteiger partial charge on any atom is -0.308 e. The Balaban J connectivity index is 1.94. The molecule has 3 unspecified atom stereocenters. The van der Waals surface area contributed by atoms with Gasteiger partial charge in [-0.25, -0.2) is 8.93 Å². The molecule has 1 aliphatic carbocycles. The molecule has 40 heavy (non-hydrogen) atoms. The van der Waals surface area contributed by atoms with Crippen molar-refractivity contribution >= 4 is 27.7 Å². The van der Waals surface area contributed by atoms with Gasteiger partial charge in [-0.15, -0.1) is 0 Å². The molecule has 0 radical (unpaired) electrons. The summed E-state index contributed by atoms with van der Waals surface area (Å²) in [5, 5.41) is 10.1. The Kier molecular flexibility index (Phi) is 8.05. The van der Waals surface area contributed by atoms with Crippen LogP contribution in [0, 0.1) is 24.2 Å². The normalized spacial score (nSPS) is 17.6. The Morgan fingerprint density at radius 2 is 1.90 bits per heavy atom. The van der Waals surface area contributed by atoms with Gasteiger partial charge in [0.05, 0.1) is 27.4 Å². The summed E-state index contributed by atoms with van der Waals surface area (Å²) >= 11 is 0. The number of aryl methyl sites for hydroxylation is 1. The molecule has 4 rings (SSSR count). The highest BCUT2D eigenvalue weighted by atomic mass is 32.2. The van der Waals surface area contributed by atoms with E-state index in [2.05, 4.69) is 16.0 Å². The molecule has 3 atom stereocenters. The Bertz CT molecular complexity index is 1590. The molecule has 0 fully saturated rings. The third-order valence-corrected chi connectivity index (χ3v) is 7.59. The number of nitriles is 1. The molecule has 0 bridgehead atoms. The van der Waals surface area contributed by atoms with Crippen molar-refractivity contribution in [3.63, 3.8) is 0 Å². The van der Waals surface area contributed by atoms with E-state index in [1.165, 1.54) is 29.0 Å². The van der Waals surface area contributed by atoms with Crippen molar-refractivity contribution in [2.24, 2.45) is 5.92 Å². The second kappa shape index (κ2) is 11.0. The van der Waals surface area contributed by atoms with Gasteiger partial charge in [0.2, 0.25) is 0 Å². The number of halogens is 6. The van der Waals surface area contributed by atoms with Crippen LogP contribution in [0.1, 0.15) is 31.4 Å². The second-order valence-corrected chi connectivity index (χ2v) is 10.4. The van der Waals surface area contributed by atoms with Gasteiger partial charge in [-0.05, 0) is 50.1 Å². The third-order valence-electron chi connectivity index (χ3n) is 6.35. The first kappa shape index (κ1) is 29.2. The van der Waals surface area contributed by atoms with Gasteiger partial charge >= 0.3 is 12.4 Å². The fourth-order valence-electron chi connectivity index (χ4n) is 4.26. The molecule has 3 heterocycles. The summed E-state index contributed by atoms with van der Waals surface area (Å²) in [4.78, 5) is 8.59. The molecule has 0 aromatic carbocycles. The van der Waals surface area contributed by atoms with E-state index in [0.717, 1.165) is 25.3 Å². The number of allylic oxidation sites excluding steroid dienone is 6. The number of hydrogen-bond acceptors (Lipinski definition) is 4. The lowest BCUT2D eigenvalue weighted by Gasteiger charge is -2.21. The average molecular weight is 580 g/mol. The quantitative estimate of drug-likeness (QED) is 0.327. The topological polar surface area (TPSA) is 83.6 Å². The van der Waals surface area contributed by atoms with E-state index in [1.54, 1.807) is 19.1 Å². The van der Waals surface area contributed by atoms with Gasteiger partial charge in [0, 0.05) is 24.0 Å². The third kappa shape index (κ3) is 5.73. The first-order valence-corrected chi connectivity index (χ1v) is 13.2. The van der Waals surface area contributed by atoms with Crippen molar-refractivity contribution in [1.82, 2.24) is 19.3 Å². The molecule has 210 valence electrons. The van der Waals surface area contributed by atoms with Gasteiger partial charge in [0.25, 0.3) is 0 Å². The highest BCUT2D eigenvalue weighted by Gasteiger charge is 2.37. The molecular formula is C27H23F6N5OS. The van der Waals surface area contributed by atoms with E-state index in [0.29, 0.717) is 17.5 Å². The smallest absolute Gasteiger partial charge is 0.308 e. The molecule has 6 nitrogen and oxygen atoms in total. The SMILES string of the molecule is CCC1C=CC=C(C(F)(F)F)C=C1n1c(-c2ccc(S(=O)NC(C)C(F)(F)F)cn2)c(C#N)c2ncc(C)cc21. The zero-order valence-electron chi connectivity index (χ0n) is 21.4. The van der Waals surface area contributed by atoms with Crippen LogP contribution in [-0.2, 0) is 11.0 Å². The van der Waals surface area contributed by atoms with E-state index >= 15 is 0 Å². The summed E-state index contributed by atoms with van der Waals surface area (Å²) < 4.78 is 96.2. The average Bonchev–Trinajstić information content (AvgIpc) is 3.03. The molecule has 0 saturated carbocycles. The van der Waals surface area contributed by atoms with Crippen molar-refractivity contribution in [2.75, 3.05) is 0 Å². The second-order valence-electron chi connectivity index (χ2n) is 9.17. The summed E-state index contributed by atoms with van der Waals surface area (Å²) in [6.45, 7) is 4.40. The van der Waals surface area contributed by atoms with Crippen LogP contribution in [0.15, 0.2) is 65.4 Å². The minimum atomic E-state index is -4.64. The highest BCUT2D eigenvalue weighted by Crippen LogP contribution is 2.40. The standard InChI is InChI=1S/C27H23F6N5OS/c1-4-17-6-5-7-18(27(31,32)33)11-22(17)38-23-10-15(2)13-36-24(23)20(12-34)25(38)21-9-8-19(14-35-21)40(39)37-16(3)26(28,29)30/h5-11,13-14,16-17,37H,4H2,1-3H3. The summed E-state index contributed by atoms with van der Waals surface area (Å²) in [7, 11) is -2.25. The van der Waals surface area contributed by atoms with E-state index in [4.69, 9.17) is 0 Å². The first-order valence-electron chi connectivity index (χ1n) is 12.1. The largest absolute Gasteiger partial charge is 0.416 e. The van der Waals surface area contributed by atoms with E-state index in [1.807, 2.05) is 11.6 Å². The van der Waals surface area contributed by atoms with Crippen LogP contribution in [0.25, 0.3) is 28.1 Å². The fourth-order valence-corrected chi connectivity index (χ4v) is 5.19. The summed E-state index contributed by atoms with van der Waals surface area (Å²) in [5.41, 5.74) is 1.05. The van der Waals surface area contributed by atoms with Crippen molar-refractivity contribution in [1.29, 1.82) is 5.26 Å². The summed E-state index contributed by atoms with van der Waals surface area (Å²) in [5.74, 6) is -0.475. The zero-order valence-corrected chi connectivity index (χ0v) is 22.2. The maximum absolute atomic E-state index is 13.9. The predicted molar refractivity (Wildman–Crippen MR) is 139 cm³/mol. The van der Waals surface area contributed by atoms with E-state index in [9.17, 15) is 35.8 Å². The number of aromatic nitrogens is 3. The molecule has 1 aliphatic rings. The monoisotopic (exact) mass is 579 g/mol. The van der Waals surface area contributed by atoms with Crippen LogP contribution in [0.2, 0.25) is 0 Å². The molecule has 0 aliphatic heterocycles. The number of pyridine rings is 2. The lowest BCUT2D eigenvalue weighted by atomic mass is 10.00. The Morgan fingerprint density at radius 3 is 2.48 bits per heavy atom. The van der Waals surface area contributed by atoms with E-state index in [-0.39, 0.29) is 33.1 Å². The van der Waals surface area contributed by atoms with Gasteiger partial charge in [-0.2, -0.15) is 31.6 Å². The number of alkyl halides is 6. The Morgan fingerprint density at radius 1 is 1.18 bits per heavy atom. The highest BCUT2D eigenvalue weighted by molar-refractivity contribution is 7.83. The van der Waals surface area contributed by atoms with Crippen LogP contribution in [-0.4, -0.2) is 37.1 Å². The number of nitrogens with one attached hydrogen (secondary N) is 1. The van der Waals surface area contributed by atoms with Gasteiger partial charge < -0.3 is 4.57 Å². The van der Waals surface area contributed by atoms with Crippen molar-refractivity contribution < 1.29 is 30.6 Å². The minimum absolute atomic E-state index is 0.0553. The molecule has 3 aromatic heterocycles. The van der Waals surface area contributed by atoms with Crippen LogP contribution < -0.4 is 4.72 Å². The number of rotatable bonds is 6.